The van der Waals surface area contributed by atoms with Crippen molar-refractivity contribution >= 4 is 11.5 Å². The van der Waals surface area contributed by atoms with Gasteiger partial charge in [-0.05, 0) is 32.0 Å². The molecule has 0 saturated heterocycles. The van der Waals surface area contributed by atoms with Crippen LogP contribution in [-0.2, 0) is 6.42 Å². The Morgan fingerprint density at radius 1 is 1.12 bits per heavy atom. The molecule has 0 spiro atoms. The van der Waals surface area contributed by atoms with Crippen molar-refractivity contribution in [2.45, 2.75) is 20.3 Å². The summed E-state index contributed by atoms with van der Waals surface area (Å²) in [6, 6.07) is 8.01. The Morgan fingerprint density at radius 3 is 2.84 bits per heavy atom. The molecule has 4 aromatic heterocycles. The lowest BCUT2D eigenvalue weighted by molar-refractivity contribution is 0.798. The molecule has 4 heterocycles. The van der Waals surface area contributed by atoms with Gasteiger partial charge in [0.05, 0.1) is 23.8 Å². The zero-order valence-electron chi connectivity index (χ0n) is 14.2. The van der Waals surface area contributed by atoms with Crippen LogP contribution in [0, 0.1) is 13.8 Å². The van der Waals surface area contributed by atoms with Gasteiger partial charge in [-0.3, -0.25) is 4.98 Å². The van der Waals surface area contributed by atoms with Crippen molar-refractivity contribution in [3.8, 4) is 5.82 Å². The third-order valence-electron chi connectivity index (χ3n) is 3.95. The van der Waals surface area contributed by atoms with E-state index in [0.29, 0.717) is 5.82 Å². The summed E-state index contributed by atoms with van der Waals surface area (Å²) in [4.78, 5) is 13.5. The maximum Gasteiger partial charge on any atom is 0.174 e. The van der Waals surface area contributed by atoms with Gasteiger partial charge in [-0.2, -0.15) is 5.10 Å². The van der Waals surface area contributed by atoms with E-state index in [1.54, 1.807) is 17.1 Å². The number of pyridine rings is 1. The summed E-state index contributed by atoms with van der Waals surface area (Å²) < 4.78 is 3.83. The van der Waals surface area contributed by atoms with E-state index in [2.05, 4.69) is 31.6 Å². The van der Waals surface area contributed by atoms with Crippen molar-refractivity contribution in [1.82, 2.24) is 29.1 Å². The number of nitrogens with one attached hydrogen (secondary N) is 1. The number of rotatable bonds is 5. The first-order valence-corrected chi connectivity index (χ1v) is 8.21. The lowest BCUT2D eigenvalue weighted by Gasteiger charge is -2.07. The predicted octanol–water partition coefficient (Wildman–Crippen LogP) is 2.58. The largest absolute Gasteiger partial charge is 0.368 e. The number of imidazole rings is 1. The number of hydrogen-bond donors (Lipinski definition) is 1. The molecule has 4 rings (SSSR count). The molecule has 4 aromatic rings. The monoisotopic (exact) mass is 333 g/mol. The van der Waals surface area contributed by atoms with Crippen LogP contribution < -0.4 is 5.32 Å². The highest BCUT2D eigenvalue weighted by atomic mass is 15.3. The molecule has 0 saturated carbocycles. The molecule has 0 aromatic carbocycles. The third-order valence-corrected chi connectivity index (χ3v) is 3.95. The molecule has 0 atom stereocenters. The van der Waals surface area contributed by atoms with Gasteiger partial charge in [-0.25, -0.2) is 14.6 Å². The Morgan fingerprint density at radius 2 is 2.04 bits per heavy atom. The molecule has 126 valence electrons. The van der Waals surface area contributed by atoms with E-state index in [9.17, 15) is 0 Å². The minimum Gasteiger partial charge on any atom is -0.368 e. The molecule has 0 fully saturated rings. The van der Waals surface area contributed by atoms with E-state index < -0.39 is 0 Å². The maximum absolute atomic E-state index is 4.60. The number of anilines is 1. The van der Waals surface area contributed by atoms with Crippen molar-refractivity contribution < 1.29 is 0 Å². The van der Waals surface area contributed by atoms with Crippen LogP contribution in [0.25, 0.3) is 11.5 Å². The Bertz CT molecular complexity index is 982. The minimum absolute atomic E-state index is 0.711. The average molecular weight is 333 g/mol. The molecular weight excluding hydrogens is 314 g/mol. The fraction of sp³-hybridized carbons (Fsp3) is 0.222. The SMILES string of the molecule is Cc1cc(C)n(-c2cncc(NCCc3cn4ccccc4n3)n2)n1. The molecular formula is C18H19N7. The Labute approximate surface area is 145 Å². The Balaban J connectivity index is 1.44. The quantitative estimate of drug-likeness (QED) is 0.608. The maximum atomic E-state index is 4.60. The van der Waals surface area contributed by atoms with Gasteiger partial charge in [0, 0.05) is 31.1 Å². The van der Waals surface area contributed by atoms with Gasteiger partial charge in [-0.15, -0.1) is 0 Å². The third kappa shape index (κ3) is 3.21. The zero-order valence-corrected chi connectivity index (χ0v) is 14.2. The molecule has 25 heavy (non-hydrogen) atoms. The number of aromatic nitrogens is 6. The van der Waals surface area contributed by atoms with Gasteiger partial charge < -0.3 is 9.72 Å². The normalized spacial score (nSPS) is 11.1. The molecule has 0 radical (unpaired) electrons. The van der Waals surface area contributed by atoms with Crippen LogP contribution in [0.2, 0.25) is 0 Å². The van der Waals surface area contributed by atoms with E-state index >= 15 is 0 Å². The van der Waals surface area contributed by atoms with E-state index in [-0.39, 0.29) is 0 Å². The van der Waals surface area contributed by atoms with Gasteiger partial charge in [0.25, 0.3) is 0 Å². The van der Waals surface area contributed by atoms with E-state index in [1.807, 2.05) is 48.7 Å². The van der Waals surface area contributed by atoms with Gasteiger partial charge in [0.1, 0.15) is 11.5 Å². The van der Waals surface area contributed by atoms with E-state index in [1.165, 1.54) is 0 Å². The second-order valence-corrected chi connectivity index (χ2v) is 5.98. The highest BCUT2D eigenvalue weighted by Crippen LogP contribution is 2.11. The van der Waals surface area contributed by atoms with Crippen LogP contribution in [0.1, 0.15) is 17.1 Å². The van der Waals surface area contributed by atoms with Gasteiger partial charge in [0.2, 0.25) is 0 Å². The summed E-state index contributed by atoms with van der Waals surface area (Å²) in [6.07, 6.45) is 8.30. The van der Waals surface area contributed by atoms with E-state index in [4.69, 9.17) is 0 Å². The van der Waals surface area contributed by atoms with Gasteiger partial charge >= 0.3 is 0 Å². The first kappa shape index (κ1) is 15.3. The first-order chi connectivity index (χ1) is 12.2. The summed E-state index contributed by atoms with van der Waals surface area (Å²) in [5, 5.41) is 7.76. The van der Waals surface area contributed by atoms with Crippen molar-refractivity contribution in [3.05, 3.63) is 66.1 Å². The highest BCUT2D eigenvalue weighted by molar-refractivity contribution is 5.40. The number of fused-ring (bicyclic) bond motifs is 1. The van der Waals surface area contributed by atoms with Crippen molar-refractivity contribution in [1.29, 1.82) is 0 Å². The molecule has 7 nitrogen and oxygen atoms in total. The summed E-state index contributed by atoms with van der Waals surface area (Å²) in [5.41, 5.74) is 4.00. The summed E-state index contributed by atoms with van der Waals surface area (Å²) in [6.45, 7) is 4.71. The smallest absolute Gasteiger partial charge is 0.174 e. The van der Waals surface area contributed by atoms with Crippen LogP contribution in [0.15, 0.2) is 49.1 Å². The fourth-order valence-corrected chi connectivity index (χ4v) is 2.83. The van der Waals surface area contributed by atoms with Crippen LogP contribution in [0.4, 0.5) is 5.82 Å². The van der Waals surface area contributed by atoms with Crippen LogP contribution in [-0.4, -0.2) is 35.7 Å². The number of hydrogen-bond acceptors (Lipinski definition) is 5. The standard InChI is InChI=1S/C18H19N7/c1-13-9-14(2)25(23-13)18-11-19-10-16(22-18)20-7-6-15-12-24-8-4-3-5-17(24)21-15/h3-5,8-12H,6-7H2,1-2H3,(H,20,22). The fourth-order valence-electron chi connectivity index (χ4n) is 2.83. The zero-order chi connectivity index (χ0) is 17.2. The number of nitrogens with zero attached hydrogens (tertiary/aromatic N) is 6. The van der Waals surface area contributed by atoms with Crippen LogP contribution in [0.3, 0.4) is 0 Å². The molecule has 0 amide bonds. The molecule has 0 bridgehead atoms. The average Bonchev–Trinajstić information content (AvgIpc) is 3.17. The second kappa shape index (κ2) is 6.35. The molecule has 1 N–H and O–H groups in total. The summed E-state index contributed by atoms with van der Waals surface area (Å²) in [7, 11) is 0. The van der Waals surface area contributed by atoms with Gasteiger partial charge in [-0.1, -0.05) is 6.07 Å². The Hall–Kier alpha value is -3.22. The van der Waals surface area contributed by atoms with Crippen LogP contribution in [0.5, 0.6) is 0 Å². The van der Waals surface area contributed by atoms with E-state index in [0.717, 1.165) is 41.5 Å². The lowest BCUT2D eigenvalue weighted by atomic mass is 10.3. The molecule has 0 unspecified atom stereocenters. The van der Waals surface area contributed by atoms with Crippen molar-refractivity contribution in [3.63, 3.8) is 0 Å². The Kier molecular flexibility index (Phi) is 3.89. The second-order valence-electron chi connectivity index (χ2n) is 5.98. The topological polar surface area (TPSA) is 72.9 Å². The number of aryl methyl sites for hydroxylation is 2. The summed E-state index contributed by atoms with van der Waals surface area (Å²) in [5.74, 6) is 1.44. The minimum atomic E-state index is 0.711. The van der Waals surface area contributed by atoms with Crippen LogP contribution >= 0.6 is 0 Å². The summed E-state index contributed by atoms with van der Waals surface area (Å²) >= 11 is 0. The predicted molar refractivity (Wildman–Crippen MR) is 96.0 cm³/mol. The van der Waals surface area contributed by atoms with Crippen molar-refractivity contribution in [2.75, 3.05) is 11.9 Å². The molecule has 0 aliphatic heterocycles. The molecule has 0 aliphatic rings. The van der Waals surface area contributed by atoms with Gasteiger partial charge in [0.15, 0.2) is 5.82 Å². The molecule has 7 heteroatoms. The van der Waals surface area contributed by atoms with Crippen molar-refractivity contribution in [2.24, 2.45) is 0 Å². The molecule has 0 aliphatic carbocycles. The lowest BCUT2D eigenvalue weighted by Crippen LogP contribution is -2.09. The highest BCUT2D eigenvalue weighted by Gasteiger charge is 2.07. The first-order valence-electron chi connectivity index (χ1n) is 8.21.